The maximum atomic E-state index is 9.28. The molecular weight excluding hydrogens is 298 g/mol. The molecule has 17 heavy (non-hydrogen) atoms. The fourth-order valence-electron chi connectivity index (χ4n) is 1.74. The Morgan fingerprint density at radius 2 is 1.82 bits per heavy atom. The van der Waals surface area contributed by atoms with E-state index in [1.54, 1.807) is 12.1 Å². The Morgan fingerprint density at radius 1 is 1.06 bits per heavy atom. The average molecular weight is 306 g/mol. The molecule has 2 aromatic carbocycles. The first kappa shape index (κ1) is 10.7. The molecule has 3 aromatic rings. The number of aromatic nitrogens is 1. The Hall–Kier alpha value is -1.39. The van der Waals surface area contributed by atoms with Crippen molar-refractivity contribution < 1.29 is 5.11 Å². The summed E-state index contributed by atoms with van der Waals surface area (Å²) in [6, 6.07) is 13.3. The highest BCUT2D eigenvalue weighted by Gasteiger charge is 2.08. The van der Waals surface area contributed by atoms with Crippen LogP contribution in [0.3, 0.4) is 0 Å². The predicted octanol–water partition coefficient (Wildman–Crippen LogP) is 4.43. The third-order valence-corrected chi connectivity index (χ3v) is 3.88. The number of rotatable bonds is 1. The number of benzene rings is 2. The third-order valence-electron chi connectivity index (χ3n) is 2.57. The zero-order valence-corrected chi connectivity index (χ0v) is 11.1. The van der Waals surface area contributed by atoms with Crippen LogP contribution in [-0.2, 0) is 0 Å². The lowest BCUT2D eigenvalue weighted by atomic mass is 10.1. The van der Waals surface area contributed by atoms with Crippen molar-refractivity contribution in [3.05, 3.63) is 46.9 Å². The summed E-state index contributed by atoms with van der Waals surface area (Å²) in [6.45, 7) is 0. The molecular formula is C13H8BrNOS. The molecule has 0 atom stereocenters. The van der Waals surface area contributed by atoms with Crippen LogP contribution in [0.4, 0.5) is 0 Å². The van der Waals surface area contributed by atoms with E-state index in [1.807, 2.05) is 18.2 Å². The number of nitrogens with zero attached hydrogens (tertiary/aromatic N) is 1. The van der Waals surface area contributed by atoms with E-state index in [9.17, 15) is 5.11 Å². The monoisotopic (exact) mass is 305 g/mol. The van der Waals surface area contributed by atoms with Crippen molar-refractivity contribution in [3.63, 3.8) is 0 Å². The number of phenolic OH excluding ortho intramolecular Hbond substituents is 1. The second kappa shape index (κ2) is 4.13. The van der Waals surface area contributed by atoms with Crippen molar-refractivity contribution >= 4 is 37.5 Å². The molecule has 0 aliphatic heterocycles. The molecule has 0 spiro atoms. The van der Waals surface area contributed by atoms with E-state index < -0.39 is 0 Å². The Labute approximate surface area is 111 Å². The maximum Gasteiger partial charge on any atom is 0.115 e. The Morgan fingerprint density at radius 3 is 2.59 bits per heavy atom. The molecule has 3 rings (SSSR count). The molecule has 4 heteroatoms. The van der Waals surface area contributed by atoms with Gasteiger partial charge in [0.2, 0.25) is 0 Å². The summed E-state index contributed by atoms with van der Waals surface area (Å²) < 4.78 is 6.69. The van der Waals surface area contributed by atoms with E-state index in [0.717, 1.165) is 25.8 Å². The number of fused-ring (bicyclic) bond motifs is 1. The number of halogens is 1. The van der Waals surface area contributed by atoms with Crippen molar-refractivity contribution in [1.29, 1.82) is 0 Å². The number of hydrogen-bond donors (Lipinski definition) is 1. The van der Waals surface area contributed by atoms with Crippen molar-refractivity contribution in [2.45, 2.75) is 0 Å². The number of aromatic hydroxyl groups is 1. The van der Waals surface area contributed by atoms with E-state index in [2.05, 4.69) is 32.4 Å². The SMILES string of the molecule is Oc1ccc(-c2nsc3cc(Br)ccc23)cc1. The standard InChI is InChI=1S/C13H8BrNOS/c14-9-3-6-11-12(7-9)17-15-13(11)8-1-4-10(16)5-2-8/h1-7,16H. The van der Waals surface area contributed by atoms with Crippen molar-refractivity contribution in [1.82, 2.24) is 4.37 Å². The summed E-state index contributed by atoms with van der Waals surface area (Å²) in [5.74, 6) is 0.274. The van der Waals surface area contributed by atoms with Crippen LogP contribution in [0.25, 0.3) is 21.3 Å². The van der Waals surface area contributed by atoms with Gasteiger partial charge in [-0.2, -0.15) is 4.37 Å². The first-order valence-electron chi connectivity index (χ1n) is 5.08. The van der Waals surface area contributed by atoms with Gasteiger partial charge in [0.15, 0.2) is 0 Å². The van der Waals surface area contributed by atoms with Gasteiger partial charge in [-0.05, 0) is 47.9 Å². The van der Waals surface area contributed by atoms with Gasteiger partial charge in [0, 0.05) is 15.4 Å². The largest absolute Gasteiger partial charge is 0.508 e. The molecule has 0 radical (unpaired) electrons. The molecule has 0 unspecified atom stereocenters. The lowest BCUT2D eigenvalue weighted by Crippen LogP contribution is -1.77. The summed E-state index contributed by atoms with van der Waals surface area (Å²) in [5, 5.41) is 10.4. The van der Waals surface area contributed by atoms with Crippen LogP contribution in [0.15, 0.2) is 46.9 Å². The van der Waals surface area contributed by atoms with Gasteiger partial charge < -0.3 is 5.11 Å². The number of phenols is 1. The fourth-order valence-corrected chi connectivity index (χ4v) is 3.09. The third kappa shape index (κ3) is 1.94. The maximum absolute atomic E-state index is 9.28. The van der Waals surface area contributed by atoms with Gasteiger partial charge in [-0.3, -0.25) is 0 Å². The van der Waals surface area contributed by atoms with Gasteiger partial charge in [0.05, 0.1) is 10.4 Å². The lowest BCUT2D eigenvalue weighted by Gasteiger charge is -1.98. The minimum absolute atomic E-state index is 0.274. The minimum Gasteiger partial charge on any atom is -0.508 e. The van der Waals surface area contributed by atoms with Gasteiger partial charge >= 0.3 is 0 Å². The molecule has 0 saturated carbocycles. The molecule has 1 heterocycles. The summed E-state index contributed by atoms with van der Waals surface area (Å²) in [6.07, 6.45) is 0. The van der Waals surface area contributed by atoms with E-state index in [0.29, 0.717) is 0 Å². The van der Waals surface area contributed by atoms with Crippen LogP contribution in [0, 0.1) is 0 Å². The van der Waals surface area contributed by atoms with Gasteiger partial charge in [0.1, 0.15) is 5.75 Å². The highest BCUT2D eigenvalue weighted by atomic mass is 79.9. The smallest absolute Gasteiger partial charge is 0.115 e. The summed E-state index contributed by atoms with van der Waals surface area (Å²) in [5.41, 5.74) is 1.99. The van der Waals surface area contributed by atoms with Crippen molar-refractivity contribution in [3.8, 4) is 17.0 Å². The Bertz CT molecular complexity index is 675. The van der Waals surface area contributed by atoms with E-state index in [1.165, 1.54) is 11.5 Å². The van der Waals surface area contributed by atoms with E-state index >= 15 is 0 Å². The van der Waals surface area contributed by atoms with Crippen molar-refractivity contribution in [2.24, 2.45) is 0 Å². The normalized spacial score (nSPS) is 10.9. The van der Waals surface area contributed by atoms with E-state index in [4.69, 9.17) is 0 Å². The van der Waals surface area contributed by atoms with Crippen LogP contribution in [0.5, 0.6) is 5.75 Å². The molecule has 0 aliphatic carbocycles. The second-order valence-electron chi connectivity index (χ2n) is 3.72. The van der Waals surface area contributed by atoms with E-state index in [-0.39, 0.29) is 5.75 Å². The molecule has 0 saturated heterocycles. The minimum atomic E-state index is 0.274. The Balaban J connectivity index is 2.21. The molecule has 0 bridgehead atoms. The second-order valence-corrected chi connectivity index (χ2v) is 5.44. The quantitative estimate of drug-likeness (QED) is 0.721. The van der Waals surface area contributed by atoms with Gasteiger partial charge in [-0.25, -0.2) is 0 Å². The van der Waals surface area contributed by atoms with Crippen LogP contribution in [0.1, 0.15) is 0 Å². The average Bonchev–Trinajstić information content (AvgIpc) is 2.73. The molecule has 1 N–H and O–H groups in total. The number of hydrogen-bond acceptors (Lipinski definition) is 3. The molecule has 0 aliphatic rings. The Kier molecular flexibility index (Phi) is 2.61. The summed E-state index contributed by atoms with van der Waals surface area (Å²) in [7, 11) is 0. The molecule has 84 valence electrons. The van der Waals surface area contributed by atoms with Crippen LogP contribution >= 0.6 is 27.5 Å². The highest BCUT2D eigenvalue weighted by Crippen LogP contribution is 2.33. The first-order chi connectivity index (χ1) is 8.24. The summed E-state index contributed by atoms with van der Waals surface area (Å²) in [4.78, 5) is 0. The molecule has 1 aromatic heterocycles. The zero-order valence-electron chi connectivity index (χ0n) is 8.72. The van der Waals surface area contributed by atoms with Crippen molar-refractivity contribution in [2.75, 3.05) is 0 Å². The van der Waals surface area contributed by atoms with Crippen LogP contribution < -0.4 is 0 Å². The first-order valence-corrected chi connectivity index (χ1v) is 6.65. The van der Waals surface area contributed by atoms with Gasteiger partial charge in [0.25, 0.3) is 0 Å². The van der Waals surface area contributed by atoms with Crippen LogP contribution in [-0.4, -0.2) is 9.48 Å². The molecule has 0 amide bonds. The molecule has 0 fully saturated rings. The highest BCUT2D eigenvalue weighted by molar-refractivity contribution is 9.10. The van der Waals surface area contributed by atoms with Gasteiger partial charge in [-0.15, -0.1) is 0 Å². The van der Waals surface area contributed by atoms with Crippen LogP contribution in [0.2, 0.25) is 0 Å². The summed E-state index contributed by atoms with van der Waals surface area (Å²) >= 11 is 4.94. The predicted molar refractivity (Wildman–Crippen MR) is 74.4 cm³/mol. The fraction of sp³-hybridized carbons (Fsp3) is 0. The van der Waals surface area contributed by atoms with Gasteiger partial charge in [-0.1, -0.05) is 22.0 Å². The zero-order chi connectivity index (χ0) is 11.8. The topological polar surface area (TPSA) is 33.1 Å². The lowest BCUT2D eigenvalue weighted by molar-refractivity contribution is 0.475. The molecule has 2 nitrogen and oxygen atoms in total.